The number of ether oxygens (including phenoxy) is 1. The first-order chi connectivity index (χ1) is 8.52. The number of halogens is 6. The first-order valence-corrected chi connectivity index (χ1v) is 6.35. The Hall–Kier alpha value is -0.440. The lowest BCUT2D eigenvalue weighted by Crippen LogP contribution is -2.43. The smallest absolute Gasteiger partial charge is 0.374 e. The third-order valence-corrected chi connectivity index (χ3v) is 3.53. The van der Waals surface area contributed by atoms with Crippen molar-refractivity contribution in [2.45, 2.75) is 31.0 Å². The quantitative estimate of drug-likeness (QED) is 0.530. The lowest BCUT2D eigenvalue weighted by Gasteiger charge is -2.33. The summed E-state index contributed by atoms with van der Waals surface area (Å²) in [6.45, 7) is 1.22. The van der Waals surface area contributed by atoms with E-state index in [4.69, 9.17) is 4.74 Å². The van der Waals surface area contributed by atoms with Gasteiger partial charge in [0.1, 0.15) is 0 Å². The largest absolute Gasteiger partial charge is 0.453 e. The first kappa shape index (κ1) is 16.6. The summed E-state index contributed by atoms with van der Waals surface area (Å²) in [5, 5.41) is 0. The molecule has 19 heavy (non-hydrogen) atoms. The van der Waals surface area contributed by atoms with E-state index in [9.17, 15) is 22.0 Å². The third-order valence-electron chi connectivity index (χ3n) is 2.86. The lowest BCUT2D eigenvalue weighted by molar-refractivity contribution is -0.298. The van der Waals surface area contributed by atoms with E-state index in [-0.39, 0.29) is 5.56 Å². The predicted octanol–water partition coefficient (Wildman–Crippen LogP) is 4.74. The zero-order valence-corrected chi connectivity index (χ0v) is 12.4. The van der Waals surface area contributed by atoms with Gasteiger partial charge in [-0.2, -0.15) is 22.0 Å². The van der Waals surface area contributed by atoms with Crippen LogP contribution in [0.15, 0.2) is 24.3 Å². The molecule has 0 amide bonds. The number of methoxy groups -OCH3 is 1. The summed E-state index contributed by atoms with van der Waals surface area (Å²) < 4.78 is 68.9. The molecule has 0 aliphatic rings. The van der Waals surface area contributed by atoms with Gasteiger partial charge in [0.05, 0.1) is 12.0 Å². The Balaban J connectivity index is 3.12. The Kier molecular flexibility index (Phi) is 4.82. The predicted molar refractivity (Wildman–Crippen MR) is 69.1 cm³/mol. The van der Waals surface area contributed by atoms with Crippen LogP contribution in [0.5, 0.6) is 0 Å². The Morgan fingerprint density at radius 3 is 2.16 bits per heavy atom. The molecular weight excluding hydrogens is 382 g/mol. The summed E-state index contributed by atoms with van der Waals surface area (Å²) in [7, 11) is 1.12. The van der Waals surface area contributed by atoms with E-state index in [2.05, 4.69) is 0 Å². The van der Waals surface area contributed by atoms with Gasteiger partial charge >= 0.3 is 12.1 Å². The van der Waals surface area contributed by atoms with E-state index in [1.54, 1.807) is 12.1 Å². The first-order valence-electron chi connectivity index (χ1n) is 5.27. The minimum absolute atomic E-state index is 0.283. The topological polar surface area (TPSA) is 9.23 Å². The summed E-state index contributed by atoms with van der Waals surface area (Å²) in [4.78, 5) is 0. The number of hydrogen-bond donors (Lipinski definition) is 0. The van der Waals surface area contributed by atoms with Gasteiger partial charge in [-0.1, -0.05) is 12.1 Å². The summed E-state index contributed by atoms with van der Waals surface area (Å²) in [6.07, 6.45) is -7.05. The van der Waals surface area contributed by atoms with Crippen molar-refractivity contribution in [2.24, 2.45) is 0 Å². The summed E-state index contributed by atoms with van der Waals surface area (Å²) in [5.74, 6) is -4.81. The van der Waals surface area contributed by atoms with E-state index in [1.165, 1.54) is 19.1 Å². The van der Waals surface area contributed by atoms with Crippen molar-refractivity contribution in [3.05, 3.63) is 33.4 Å². The highest BCUT2D eigenvalue weighted by molar-refractivity contribution is 14.1. The molecule has 1 rings (SSSR count). The summed E-state index contributed by atoms with van der Waals surface area (Å²) >= 11 is 1.95. The molecule has 0 spiro atoms. The standard InChI is InChI=1S/C12H12F5IO/c1-10(19-2,7-11(13,14)12(15,16)17)8-4-3-5-9(18)6-8/h3-6H,7H2,1-2H3. The van der Waals surface area contributed by atoms with Crippen molar-refractivity contribution >= 4 is 22.6 Å². The molecule has 1 aromatic carbocycles. The van der Waals surface area contributed by atoms with Crippen LogP contribution in [0.1, 0.15) is 18.9 Å². The molecule has 0 saturated heterocycles. The average molecular weight is 394 g/mol. The molecule has 0 aliphatic heterocycles. The monoisotopic (exact) mass is 394 g/mol. The van der Waals surface area contributed by atoms with E-state index < -0.39 is 24.1 Å². The molecule has 0 aromatic heterocycles. The highest BCUT2D eigenvalue weighted by atomic mass is 127. The molecule has 0 aliphatic carbocycles. The molecule has 0 radical (unpaired) electrons. The Morgan fingerprint density at radius 1 is 1.16 bits per heavy atom. The van der Waals surface area contributed by atoms with Crippen molar-refractivity contribution in [1.82, 2.24) is 0 Å². The van der Waals surface area contributed by atoms with Gasteiger partial charge in [0.25, 0.3) is 0 Å². The van der Waals surface area contributed by atoms with Crippen LogP contribution < -0.4 is 0 Å². The fourth-order valence-corrected chi connectivity index (χ4v) is 2.18. The maximum atomic E-state index is 13.2. The van der Waals surface area contributed by atoms with Crippen LogP contribution in [0.3, 0.4) is 0 Å². The van der Waals surface area contributed by atoms with Crippen LogP contribution in [0.4, 0.5) is 22.0 Å². The summed E-state index contributed by atoms with van der Waals surface area (Å²) in [6, 6.07) is 6.29. The number of rotatable bonds is 4. The van der Waals surface area contributed by atoms with Crippen LogP contribution in [-0.2, 0) is 10.3 Å². The van der Waals surface area contributed by atoms with Gasteiger partial charge in [0, 0.05) is 10.7 Å². The van der Waals surface area contributed by atoms with Gasteiger partial charge in [-0.15, -0.1) is 0 Å². The molecule has 108 valence electrons. The van der Waals surface area contributed by atoms with Crippen molar-refractivity contribution in [3.8, 4) is 0 Å². The molecule has 1 nitrogen and oxygen atoms in total. The summed E-state index contributed by atoms with van der Waals surface area (Å²) in [5.41, 5.74) is -1.42. The van der Waals surface area contributed by atoms with Crippen molar-refractivity contribution in [2.75, 3.05) is 7.11 Å². The highest BCUT2D eigenvalue weighted by Crippen LogP contribution is 2.45. The van der Waals surface area contributed by atoms with E-state index in [0.29, 0.717) is 0 Å². The molecular formula is C12H12F5IO. The van der Waals surface area contributed by atoms with Crippen LogP contribution >= 0.6 is 22.6 Å². The van der Waals surface area contributed by atoms with Crippen LogP contribution in [0.2, 0.25) is 0 Å². The van der Waals surface area contributed by atoms with Crippen LogP contribution in [0, 0.1) is 3.57 Å². The minimum Gasteiger partial charge on any atom is -0.374 e. The molecule has 0 fully saturated rings. The second kappa shape index (κ2) is 5.51. The molecule has 1 atom stereocenters. The lowest BCUT2D eigenvalue weighted by atomic mass is 9.89. The van der Waals surface area contributed by atoms with Crippen molar-refractivity contribution in [1.29, 1.82) is 0 Å². The van der Waals surface area contributed by atoms with E-state index in [0.717, 1.165) is 10.7 Å². The zero-order chi connectivity index (χ0) is 14.9. The fraction of sp³-hybridized carbons (Fsp3) is 0.500. The third kappa shape index (κ3) is 3.77. The van der Waals surface area contributed by atoms with E-state index >= 15 is 0 Å². The van der Waals surface area contributed by atoms with Crippen LogP contribution in [-0.4, -0.2) is 19.2 Å². The van der Waals surface area contributed by atoms with Crippen LogP contribution in [0.25, 0.3) is 0 Å². The van der Waals surface area contributed by atoms with Crippen molar-refractivity contribution < 1.29 is 26.7 Å². The Morgan fingerprint density at radius 2 is 1.74 bits per heavy atom. The Labute approximate surface area is 121 Å². The SMILES string of the molecule is COC(C)(CC(F)(F)C(F)(F)F)c1cccc(I)c1. The maximum absolute atomic E-state index is 13.2. The van der Waals surface area contributed by atoms with Gasteiger partial charge in [-0.3, -0.25) is 0 Å². The normalized spacial score (nSPS) is 16.2. The van der Waals surface area contributed by atoms with E-state index in [1.807, 2.05) is 22.6 Å². The zero-order valence-electron chi connectivity index (χ0n) is 10.2. The van der Waals surface area contributed by atoms with Crippen molar-refractivity contribution in [3.63, 3.8) is 0 Å². The molecule has 0 heterocycles. The fourth-order valence-electron chi connectivity index (χ4n) is 1.63. The highest BCUT2D eigenvalue weighted by Gasteiger charge is 2.60. The number of benzene rings is 1. The second-order valence-electron chi connectivity index (χ2n) is 4.32. The Bertz CT molecular complexity index is 446. The van der Waals surface area contributed by atoms with Gasteiger partial charge in [0.2, 0.25) is 0 Å². The van der Waals surface area contributed by atoms with Gasteiger partial charge in [-0.05, 0) is 47.2 Å². The molecule has 0 saturated carbocycles. The maximum Gasteiger partial charge on any atom is 0.453 e. The molecule has 1 aromatic rings. The number of hydrogen-bond acceptors (Lipinski definition) is 1. The van der Waals surface area contributed by atoms with Gasteiger partial charge in [-0.25, -0.2) is 0 Å². The molecule has 7 heteroatoms. The molecule has 1 unspecified atom stereocenters. The molecule has 0 bridgehead atoms. The molecule has 0 N–H and O–H groups in total. The second-order valence-corrected chi connectivity index (χ2v) is 5.57. The minimum atomic E-state index is -5.59. The van der Waals surface area contributed by atoms with Gasteiger partial charge < -0.3 is 4.74 Å². The number of alkyl halides is 5. The average Bonchev–Trinajstić information content (AvgIpc) is 2.26. The van der Waals surface area contributed by atoms with Gasteiger partial charge in [0.15, 0.2) is 0 Å².